The first-order valence-electron chi connectivity index (χ1n) is 6.49. The fourth-order valence-corrected chi connectivity index (χ4v) is 2.30. The summed E-state index contributed by atoms with van der Waals surface area (Å²) in [5.41, 5.74) is 0.654. The number of rotatable bonds is 4. The lowest BCUT2D eigenvalue weighted by Gasteiger charge is -2.10. The van der Waals surface area contributed by atoms with Gasteiger partial charge in [-0.3, -0.25) is 0 Å². The second-order valence-corrected chi connectivity index (χ2v) is 5.10. The number of nitrogens with zero attached hydrogens (tertiary/aromatic N) is 1. The van der Waals surface area contributed by atoms with Gasteiger partial charge in [0.1, 0.15) is 5.56 Å². The van der Waals surface area contributed by atoms with E-state index in [0.29, 0.717) is 5.56 Å². The number of hydrogen-bond acceptors (Lipinski definition) is 5. The Kier molecular flexibility index (Phi) is 5.84. The van der Waals surface area contributed by atoms with E-state index >= 15 is 0 Å². The van der Waals surface area contributed by atoms with E-state index in [0.717, 1.165) is 0 Å². The molecule has 0 aromatic heterocycles. The molecule has 0 radical (unpaired) electrons. The van der Waals surface area contributed by atoms with E-state index in [4.69, 9.17) is 37.5 Å². The van der Waals surface area contributed by atoms with Crippen molar-refractivity contribution in [3.8, 4) is 5.75 Å². The van der Waals surface area contributed by atoms with Gasteiger partial charge in [0.15, 0.2) is 5.75 Å². The molecular formula is C16H13Cl2NO4. The van der Waals surface area contributed by atoms with Crippen LogP contribution in [0.5, 0.6) is 5.75 Å². The Balaban J connectivity index is 2.29. The maximum absolute atomic E-state index is 12.2. The molecule has 23 heavy (non-hydrogen) atoms. The summed E-state index contributed by atoms with van der Waals surface area (Å²) >= 11 is 12.0. The van der Waals surface area contributed by atoms with E-state index in [-0.39, 0.29) is 27.3 Å². The zero-order valence-corrected chi connectivity index (χ0v) is 13.9. The minimum absolute atomic E-state index is 0.00562. The lowest BCUT2D eigenvalue weighted by atomic mass is 10.2. The zero-order valence-electron chi connectivity index (χ0n) is 12.4. The number of halogens is 2. The average molecular weight is 354 g/mol. The number of hydrogen-bond donors (Lipinski definition) is 0. The fourth-order valence-electron chi connectivity index (χ4n) is 1.84. The third kappa shape index (κ3) is 3.94. The van der Waals surface area contributed by atoms with Gasteiger partial charge in [0.25, 0.3) is 5.90 Å². The molecule has 0 saturated carbocycles. The van der Waals surface area contributed by atoms with Crippen LogP contribution in [0.2, 0.25) is 10.0 Å². The molecular weight excluding hydrogens is 341 g/mol. The van der Waals surface area contributed by atoms with Gasteiger partial charge in [-0.1, -0.05) is 41.4 Å². The molecule has 7 heteroatoms. The standard InChI is InChI=1S/C16H13Cl2NO4/c1-21-14-12(18)9-8-11(17)13(14)16(20)23-19-15(22-2)10-6-4-3-5-7-10/h3-9H,1-2H3. The first kappa shape index (κ1) is 17.1. The Morgan fingerprint density at radius 1 is 1.00 bits per heavy atom. The summed E-state index contributed by atoms with van der Waals surface area (Å²) in [4.78, 5) is 17.2. The smallest absolute Gasteiger partial charge is 0.371 e. The van der Waals surface area contributed by atoms with Gasteiger partial charge in [-0.15, -0.1) is 0 Å². The summed E-state index contributed by atoms with van der Waals surface area (Å²) in [5.74, 6) is -0.533. The van der Waals surface area contributed by atoms with Crippen LogP contribution in [0, 0.1) is 0 Å². The molecule has 0 aliphatic heterocycles. The fraction of sp³-hybridized carbons (Fsp3) is 0.125. The first-order valence-corrected chi connectivity index (χ1v) is 7.24. The summed E-state index contributed by atoms with van der Waals surface area (Å²) in [6, 6.07) is 12.0. The number of carbonyl (C=O) groups is 1. The Hall–Kier alpha value is -2.24. The molecule has 0 bridgehead atoms. The van der Waals surface area contributed by atoms with Crippen molar-refractivity contribution >= 4 is 35.1 Å². The van der Waals surface area contributed by atoms with Crippen molar-refractivity contribution in [3.05, 3.63) is 63.6 Å². The molecule has 2 aromatic carbocycles. The Labute approximate surface area is 143 Å². The van der Waals surface area contributed by atoms with Crippen molar-refractivity contribution in [2.45, 2.75) is 0 Å². The molecule has 5 nitrogen and oxygen atoms in total. The Bertz CT molecular complexity index is 732. The molecule has 0 amide bonds. The molecule has 2 aromatic rings. The van der Waals surface area contributed by atoms with Crippen LogP contribution in [0.4, 0.5) is 0 Å². The van der Waals surface area contributed by atoms with E-state index < -0.39 is 5.97 Å². The largest absolute Gasteiger partial charge is 0.494 e. The van der Waals surface area contributed by atoms with Crippen molar-refractivity contribution in [1.82, 2.24) is 0 Å². The highest BCUT2D eigenvalue weighted by Crippen LogP contribution is 2.34. The summed E-state index contributed by atoms with van der Waals surface area (Å²) in [6.07, 6.45) is 0. The Morgan fingerprint density at radius 2 is 1.65 bits per heavy atom. The molecule has 0 aliphatic carbocycles. The van der Waals surface area contributed by atoms with Crippen LogP contribution in [0.1, 0.15) is 15.9 Å². The highest BCUT2D eigenvalue weighted by atomic mass is 35.5. The van der Waals surface area contributed by atoms with Crippen molar-refractivity contribution in [2.75, 3.05) is 14.2 Å². The zero-order chi connectivity index (χ0) is 16.8. The van der Waals surface area contributed by atoms with Gasteiger partial charge < -0.3 is 14.3 Å². The van der Waals surface area contributed by atoms with Gasteiger partial charge in [-0.25, -0.2) is 4.79 Å². The Morgan fingerprint density at radius 3 is 2.26 bits per heavy atom. The SMILES string of the molecule is COC(=NOC(=O)c1c(Cl)ccc(Cl)c1OC)c1ccccc1. The first-order chi connectivity index (χ1) is 11.1. The minimum atomic E-state index is -0.806. The summed E-state index contributed by atoms with van der Waals surface area (Å²) in [5, 5.41) is 4.10. The van der Waals surface area contributed by atoms with Gasteiger partial charge in [0.2, 0.25) is 0 Å². The third-order valence-corrected chi connectivity index (χ3v) is 3.51. The molecule has 2 rings (SSSR count). The summed E-state index contributed by atoms with van der Waals surface area (Å²) in [7, 11) is 2.80. The predicted molar refractivity (Wildman–Crippen MR) is 88.4 cm³/mol. The quantitative estimate of drug-likeness (QED) is 0.358. The van der Waals surface area contributed by atoms with E-state index in [1.807, 2.05) is 18.2 Å². The minimum Gasteiger partial charge on any atom is -0.494 e. The maximum atomic E-state index is 12.2. The van der Waals surface area contributed by atoms with Crippen LogP contribution in [0.25, 0.3) is 0 Å². The van der Waals surface area contributed by atoms with Crippen LogP contribution in [0.15, 0.2) is 47.6 Å². The molecule has 0 heterocycles. The maximum Gasteiger partial charge on any atom is 0.371 e. The van der Waals surface area contributed by atoms with Crippen molar-refractivity contribution in [3.63, 3.8) is 0 Å². The van der Waals surface area contributed by atoms with Gasteiger partial charge in [0, 0.05) is 5.56 Å². The monoisotopic (exact) mass is 353 g/mol. The molecule has 0 spiro atoms. The van der Waals surface area contributed by atoms with Crippen molar-refractivity contribution in [2.24, 2.45) is 5.16 Å². The van der Waals surface area contributed by atoms with Crippen LogP contribution >= 0.6 is 23.2 Å². The highest BCUT2D eigenvalue weighted by Gasteiger charge is 2.21. The number of oxime groups is 1. The van der Waals surface area contributed by atoms with Crippen LogP contribution < -0.4 is 4.74 Å². The second-order valence-electron chi connectivity index (χ2n) is 4.28. The predicted octanol–water partition coefficient (Wildman–Crippen LogP) is 4.17. The van der Waals surface area contributed by atoms with E-state index in [9.17, 15) is 4.79 Å². The molecule has 0 unspecified atom stereocenters. The average Bonchev–Trinajstić information content (AvgIpc) is 2.58. The van der Waals surface area contributed by atoms with Crippen LogP contribution in [0.3, 0.4) is 0 Å². The van der Waals surface area contributed by atoms with E-state index in [1.54, 1.807) is 12.1 Å². The molecule has 120 valence electrons. The number of methoxy groups -OCH3 is 2. The summed E-state index contributed by atoms with van der Waals surface area (Å²) < 4.78 is 10.2. The number of benzene rings is 2. The lowest BCUT2D eigenvalue weighted by Crippen LogP contribution is -2.09. The van der Waals surface area contributed by atoms with E-state index in [2.05, 4.69) is 5.16 Å². The van der Waals surface area contributed by atoms with Gasteiger partial charge in [-0.05, 0) is 29.4 Å². The van der Waals surface area contributed by atoms with Gasteiger partial charge >= 0.3 is 5.97 Å². The van der Waals surface area contributed by atoms with Crippen molar-refractivity contribution in [1.29, 1.82) is 0 Å². The normalized spacial score (nSPS) is 11.0. The molecule has 0 N–H and O–H groups in total. The van der Waals surface area contributed by atoms with Crippen LogP contribution in [-0.2, 0) is 9.57 Å². The molecule has 0 aliphatic rings. The van der Waals surface area contributed by atoms with Crippen molar-refractivity contribution < 1.29 is 19.1 Å². The summed E-state index contributed by atoms with van der Waals surface area (Å²) in [6.45, 7) is 0. The van der Waals surface area contributed by atoms with Gasteiger partial charge in [0.05, 0.1) is 24.3 Å². The third-order valence-electron chi connectivity index (χ3n) is 2.89. The number of ether oxygens (including phenoxy) is 2. The second kappa shape index (κ2) is 7.85. The number of carbonyl (C=O) groups excluding carboxylic acids is 1. The molecule has 0 atom stereocenters. The van der Waals surface area contributed by atoms with E-state index in [1.165, 1.54) is 26.4 Å². The highest BCUT2D eigenvalue weighted by molar-refractivity contribution is 6.37. The topological polar surface area (TPSA) is 57.1 Å². The molecule has 0 fully saturated rings. The molecule has 0 saturated heterocycles. The van der Waals surface area contributed by atoms with Crippen LogP contribution in [-0.4, -0.2) is 26.1 Å². The van der Waals surface area contributed by atoms with Gasteiger partial charge in [-0.2, -0.15) is 0 Å². The lowest BCUT2D eigenvalue weighted by molar-refractivity contribution is 0.0501.